The van der Waals surface area contributed by atoms with Gasteiger partial charge in [-0.2, -0.15) is 0 Å². The minimum absolute atomic E-state index is 0.307. The normalized spacial score (nSPS) is 11.8. The van der Waals surface area contributed by atoms with Gasteiger partial charge >= 0.3 is 6.09 Å². The molecule has 4 nitrogen and oxygen atoms in total. The Kier molecular flexibility index (Phi) is 4.60. The van der Waals surface area contributed by atoms with Gasteiger partial charge in [0.15, 0.2) is 0 Å². The summed E-state index contributed by atoms with van der Waals surface area (Å²) in [5, 5.41) is 2.78. The van der Waals surface area contributed by atoms with Crippen LogP contribution in [0.5, 0.6) is 0 Å². The highest BCUT2D eigenvalue weighted by Crippen LogP contribution is 2.32. The van der Waals surface area contributed by atoms with Gasteiger partial charge in [-0.25, -0.2) is 4.79 Å². The number of rotatable bonds is 3. The third kappa shape index (κ3) is 3.23. The Labute approximate surface area is 124 Å². The van der Waals surface area contributed by atoms with Crippen LogP contribution in [0.15, 0.2) is 42.5 Å². The number of carbonyl (C=O) groups is 1. The number of benzene rings is 2. The van der Waals surface area contributed by atoms with Gasteiger partial charge in [0.2, 0.25) is 0 Å². The number of hydrogen-bond donors (Lipinski definition) is 2. The van der Waals surface area contributed by atoms with Crippen LogP contribution in [0.4, 0.5) is 10.5 Å². The van der Waals surface area contributed by atoms with Gasteiger partial charge in [0.25, 0.3) is 0 Å². The molecule has 0 fully saturated rings. The zero-order chi connectivity index (χ0) is 15.4. The van der Waals surface area contributed by atoms with Gasteiger partial charge in [-0.15, -0.1) is 0 Å². The average Bonchev–Trinajstić information content (AvgIpc) is 2.51. The fourth-order valence-corrected chi connectivity index (χ4v) is 2.38. The van der Waals surface area contributed by atoms with Crippen LogP contribution in [0.2, 0.25) is 0 Å². The Morgan fingerprint density at radius 1 is 1.10 bits per heavy atom. The number of nitrogens with two attached hydrogens (primary N) is 1. The van der Waals surface area contributed by atoms with Gasteiger partial charge in [-0.05, 0) is 30.5 Å². The number of hydrogen-bond acceptors (Lipinski definition) is 3. The van der Waals surface area contributed by atoms with E-state index in [0.717, 1.165) is 27.9 Å². The Morgan fingerprint density at radius 2 is 1.71 bits per heavy atom. The molecule has 0 aromatic heterocycles. The van der Waals surface area contributed by atoms with Gasteiger partial charge in [-0.3, -0.25) is 5.32 Å². The van der Waals surface area contributed by atoms with Crippen LogP contribution < -0.4 is 11.1 Å². The first-order valence-electron chi connectivity index (χ1n) is 6.80. The minimum atomic E-state index is -0.495. The molecule has 2 aromatic rings. The third-order valence-corrected chi connectivity index (χ3v) is 3.55. The lowest BCUT2D eigenvalue weighted by Crippen LogP contribution is -2.20. The van der Waals surface area contributed by atoms with Gasteiger partial charge in [0.05, 0.1) is 18.8 Å². The number of aryl methyl sites for hydroxylation is 2. The summed E-state index contributed by atoms with van der Waals surface area (Å²) >= 11 is 0. The maximum absolute atomic E-state index is 11.6. The highest BCUT2D eigenvalue weighted by molar-refractivity contribution is 5.87. The fourth-order valence-electron chi connectivity index (χ4n) is 2.38. The number of ether oxygens (including phenoxy) is 1. The van der Waals surface area contributed by atoms with Crippen molar-refractivity contribution in [3.63, 3.8) is 0 Å². The highest BCUT2D eigenvalue weighted by Gasteiger charge is 2.19. The predicted octanol–water partition coefficient (Wildman–Crippen LogP) is 3.53. The van der Waals surface area contributed by atoms with E-state index in [1.165, 1.54) is 7.11 Å². The topological polar surface area (TPSA) is 64.3 Å². The molecule has 1 amide bonds. The summed E-state index contributed by atoms with van der Waals surface area (Å²) in [5.41, 5.74) is 11.0. The SMILES string of the molecule is COC(=O)Nc1c(C)ccc(C)c1C(N)c1ccccc1. The Morgan fingerprint density at radius 3 is 2.33 bits per heavy atom. The molecule has 0 heterocycles. The molecule has 2 aromatic carbocycles. The van der Waals surface area contributed by atoms with E-state index in [9.17, 15) is 4.79 Å². The molecule has 0 bridgehead atoms. The predicted molar refractivity (Wildman–Crippen MR) is 84.4 cm³/mol. The Bertz CT molecular complexity index is 639. The number of methoxy groups -OCH3 is 1. The van der Waals surface area contributed by atoms with Crippen molar-refractivity contribution in [3.8, 4) is 0 Å². The quantitative estimate of drug-likeness (QED) is 0.906. The first kappa shape index (κ1) is 15.1. The third-order valence-electron chi connectivity index (χ3n) is 3.55. The molecule has 0 aliphatic carbocycles. The van der Waals surface area contributed by atoms with Crippen LogP contribution in [0.3, 0.4) is 0 Å². The lowest BCUT2D eigenvalue weighted by molar-refractivity contribution is 0.187. The van der Waals surface area contributed by atoms with Crippen molar-refractivity contribution in [1.82, 2.24) is 0 Å². The summed E-state index contributed by atoms with van der Waals surface area (Å²) in [5.74, 6) is 0. The van der Waals surface area contributed by atoms with Crippen molar-refractivity contribution < 1.29 is 9.53 Å². The maximum atomic E-state index is 11.6. The molecule has 2 rings (SSSR count). The monoisotopic (exact) mass is 284 g/mol. The fraction of sp³-hybridized carbons (Fsp3) is 0.235. The lowest BCUT2D eigenvalue weighted by atomic mass is 9.92. The summed E-state index contributed by atoms with van der Waals surface area (Å²) in [6.07, 6.45) is -0.495. The first-order valence-corrected chi connectivity index (χ1v) is 6.80. The van der Waals surface area contributed by atoms with Gasteiger partial charge in [0, 0.05) is 5.56 Å². The molecule has 0 aliphatic heterocycles. The molecule has 21 heavy (non-hydrogen) atoms. The summed E-state index contributed by atoms with van der Waals surface area (Å²) in [6, 6.07) is 13.5. The number of nitrogens with one attached hydrogen (secondary N) is 1. The molecular weight excluding hydrogens is 264 g/mol. The molecule has 0 aliphatic rings. The van der Waals surface area contributed by atoms with E-state index in [-0.39, 0.29) is 6.04 Å². The van der Waals surface area contributed by atoms with E-state index in [0.29, 0.717) is 0 Å². The van der Waals surface area contributed by atoms with Crippen LogP contribution in [0.25, 0.3) is 0 Å². The van der Waals surface area contributed by atoms with E-state index in [1.54, 1.807) is 0 Å². The standard InChI is InChI=1S/C17H20N2O2/c1-11-9-10-12(2)16(19-17(20)21-3)14(11)15(18)13-7-5-4-6-8-13/h4-10,15H,18H2,1-3H3,(H,19,20). The Hall–Kier alpha value is -2.33. The average molecular weight is 284 g/mol. The maximum Gasteiger partial charge on any atom is 0.411 e. The molecule has 1 atom stereocenters. The molecule has 1 unspecified atom stereocenters. The summed E-state index contributed by atoms with van der Waals surface area (Å²) in [6.45, 7) is 3.92. The highest BCUT2D eigenvalue weighted by atomic mass is 16.5. The number of amides is 1. The second-order valence-corrected chi connectivity index (χ2v) is 4.99. The van der Waals surface area contributed by atoms with Crippen LogP contribution >= 0.6 is 0 Å². The minimum Gasteiger partial charge on any atom is -0.453 e. The molecule has 110 valence electrons. The van der Waals surface area contributed by atoms with Crippen molar-refractivity contribution in [2.24, 2.45) is 5.73 Å². The molecule has 0 saturated heterocycles. The van der Waals surface area contributed by atoms with Crippen LogP contribution in [0, 0.1) is 13.8 Å². The van der Waals surface area contributed by atoms with E-state index in [2.05, 4.69) is 5.32 Å². The largest absolute Gasteiger partial charge is 0.453 e. The summed E-state index contributed by atoms with van der Waals surface area (Å²) in [4.78, 5) is 11.6. The molecule has 3 N–H and O–H groups in total. The van der Waals surface area contributed by atoms with Crippen LogP contribution in [0.1, 0.15) is 28.3 Å². The molecule has 0 radical (unpaired) electrons. The van der Waals surface area contributed by atoms with Crippen molar-refractivity contribution in [3.05, 3.63) is 64.7 Å². The van der Waals surface area contributed by atoms with E-state index >= 15 is 0 Å². The lowest BCUT2D eigenvalue weighted by Gasteiger charge is -2.21. The summed E-state index contributed by atoms with van der Waals surface area (Å²) < 4.78 is 4.70. The molecule has 0 spiro atoms. The molecule has 0 saturated carbocycles. The second kappa shape index (κ2) is 6.41. The van der Waals surface area contributed by atoms with Crippen molar-refractivity contribution >= 4 is 11.8 Å². The van der Waals surface area contributed by atoms with Crippen molar-refractivity contribution in [2.45, 2.75) is 19.9 Å². The van der Waals surface area contributed by atoms with Gasteiger partial charge < -0.3 is 10.5 Å². The van der Waals surface area contributed by atoms with Crippen LogP contribution in [-0.2, 0) is 4.74 Å². The molecular formula is C17H20N2O2. The van der Waals surface area contributed by atoms with E-state index in [4.69, 9.17) is 10.5 Å². The van der Waals surface area contributed by atoms with Crippen LogP contribution in [-0.4, -0.2) is 13.2 Å². The van der Waals surface area contributed by atoms with E-state index < -0.39 is 6.09 Å². The molecule has 4 heteroatoms. The first-order chi connectivity index (χ1) is 10.0. The smallest absolute Gasteiger partial charge is 0.411 e. The van der Waals surface area contributed by atoms with Gasteiger partial charge in [0.1, 0.15) is 0 Å². The zero-order valence-electron chi connectivity index (χ0n) is 12.5. The summed E-state index contributed by atoms with van der Waals surface area (Å²) in [7, 11) is 1.34. The van der Waals surface area contributed by atoms with Crippen molar-refractivity contribution in [1.29, 1.82) is 0 Å². The van der Waals surface area contributed by atoms with E-state index in [1.807, 2.05) is 56.3 Å². The Balaban J connectivity index is 2.51. The number of anilines is 1. The van der Waals surface area contributed by atoms with Crippen molar-refractivity contribution in [2.75, 3.05) is 12.4 Å². The zero-order valence-corrected chi connectivity index (χ0v) is 12.5. The number of carbonyl (C=O) groups excluding carboxylic acids is 1. The van der Waals surface area contributed by atoms with Gasteiger partial charge in [-0.1, -0.05) is 42.5 Å². The second-order valence-electron chi connectivity index (χ2n) is 4.99.